The van der Waals surface area contributed by atoms with E-state index in [0.29, 0.717) is 21.4 Å². The van der Waals surface area contributed by atoms with Gasteiger partial charge in [0.25, 0.3) is 5.91 Å². The molecule has 0 aromatic heterocycles. The first-order valence-electron chi connectivity index (χ1n) is 6.79. The van der Waals surface area contributed by atoms with Gasteiger partial charge in [-0.15, -0.1) is 0 Å². The molecule has 0 unspecified atom stereocenters. The number of hydrogen-bond acceptors (Lipinski definition) is 3. The van der Waals surface area contributed by atoms with E-state index in [0.717, 1.165) is 4.90 Å². The zero-order valence-corrected chi connectivity index (χ0v) is 13.2. The number of carbonyl (C=O) groups is 2. The number of amides is 2. The van der Waals surface area contributed by atoms with Crippen LogP contribution in [0.25, 0.3) is 0 Å². The van der Waals surface area contributed by atoms with E-state index in [1.54, 1.807) is 18.2 Å². The quantitative estimate of drug-likeness (QED) is 0.852. The lowest BCUT2D eigenvalue weighted by atomic mass is 10.2. The summed E-state index contributed by atoms with van der Waals surface area (Å²) in [6, 6.07) is 9.28. The number of nitrogens with zero attached hydrogens (tertiary/aromatic N) is 1. The summed E-state index contributed by atoms with van der Waals surface area (Å²) in [5.41, 5.74) is 0.857. The van der Waals surface area contributed by atoms with Crippen molar-refractivity contribution in [3.8, 4) is 0 Å². The topological polar surface area (TPSA) is 49.4 Å². The fraction of sp³-hybridized carbons (Fsp3) is 0.125. The number of imide groups is 1. The Morgan fingerprint density at radius 3 is 2.43 bits per heavy atom. The van der Waals surface area contributed by atoms with Gasteiger partial charge in [0, 0.05) is 5.02 Å². The van der Waals surface area contributed by atoms with Crippen LogP contribution in [0, 0.1) is 5.82 Å². The number of halogens is 3. The lowest BCUT2D eigenvalue weighted by molar-refractivity contribution is -0.121. The maximum atomic E-state index is 13.0. The normalized spacial score (nSPS) is 17.7. The van der Waals surface area contributed by atoms with Crippen molar-refractivity contribution in [1.82, 2.24) is 0 Å². The molecule has 118 valence electrons. The minimum Gasteiger partial charge on any atom is -0.372 e. The number of rotatable bonds is 3. The van der Waals surface area contributed by atoms with Gasteiger partial charge in [0.1, 0.15) is 11.9 Å². The maximum absolute atomic E-state index is 13.0. The number of hydrogen-bond donors (Lipinski definition) is 1. The van der Waals surface area contributed by atoms with Crippen LogP contribution in [0.5, 0.6) is 0 Å². The summed E-state index contributed by atoms with van der Waals surface area (Å²) in [6.07, 6.45) is -0.00480. The zero-order chi connectivity index (χ0) is 16.6. The second-order valence-corrected chi connectivity index (χ2v) is 5.91. The van der Waals surface area contributed by atoms with Crippen molar-refractivity contribution in [3.63, 3.8) is 0 Å². The average molecular weight is 353 g/mol. The van der Waals surface area contributed by atoms with Crippen molar-refractivity contribution < 1.29 is 14.0 Å². The minimum atomic E-state index is -0.730. The van der Waals surface area contributed by atoms with E-state index in [-0.39, 0.29) is 12.3 Å². The lowest BCUT2D eigenvalue weighted by Gasteiger charge is -2.16. The van der Waals surface area contributed by atoms with Crippen LogP contribution in [0.15, 0.2) is 42.5 Å². The molecule has 7 heteroatoms. The van der Waals surface area contributed by atoms with Gasteiger partial charge in [-0.2, -0.15) is 0 Å². The Morgan fingerprint density at radius 2 is 1.78 bits per heavy atom. The van der Waals surface area contributed by atoms with Crippen molar-refractivity contribution in [2.75, 3.05) is 10.2 Å². The summed E-state index contributed by atoms with van der Waals surface area (Å²) in [5.74, 6) is -1.20. The molecule has 4 nitrogen and oxygen atoms in total. The van der Waals surface area contributed by atoms with Crippen molar-refractivity contribution in [3.05, 3.63) is 58.3 Å². The van der Waals surface area contributed by atoms with Gasteiger partial charge in [-0.3, -0.25) is 9.59 Å². The van der Waals surface area contributed by atoms with Crippen molar-refractivity contribution in [2.24, 2.45) is 0 Å². The van der Waals surface area contributed by atoms with E-state index in [1.165, 1.54) is 24.3 Å². The van der Waals surface area contributed by atoms with Crippen molar-refractivity contribution in [1.29, 1.82) is 0 Å². The Bertz CT molecular complexity index is 780. The van der Waals surface area contributed by atoms with Gasteiger partial charge in [-0.25, -0.2) is 9.29 Å². The Balaban J connectivity index is 1.82. The van der Waals surface area contributed by atoms with Gasteiger partial charge in [-0.05, 0) is 42.5 Å². The molecule has 0 spiro atoms. The van der Waals surface area contributed by atoms with Gasteiger partial charge in [0.05, 0.1) is 22.8 Å². The third kappa shape index (κ3) is 3.16. The molecule has 23 heavy (non-hydrogen) atoms. The molecule has 1 fully saturated rings. The van der Waals surface area contributed by atoms with Gasteiger partial charge >= 0.3 is 0 Å². The minimum absolute atomic E-state index is 0.00480. The molecule has 2 amide bonds. The van der Waals surface area contributed by atoms with Gasteiger partial charge in [0.15, 0.2) is 0 Å². The molecule has 2 aromatic carbocycles. The molecule has 1 atom stereocenters. The van der Waals surface area contributed by atoms with Crippen LogP contribution in [0.4, 0.5) is 15.8 Å². The summed E-state index contributed by atoms with van der Waals surface area (Å²) in [6.45, 7) is 0. The molecular weight excluding hydrogens is 342 g/mol. The second kappa shape index (κ2) is 6.18. The Labute approximate surface area is 141 Å². The number of anilines is 2. The Kier molecular flexibility index (Phi) is 4.24. The largest absolute Gasteiger partial charge is 0.372 e. The number of carbonyl (C=O) groups excluding carboxylic acids is 2. The summed E-state index contributed by atoms with van der Waals surface area (Å²) in [5, 5.41) is 3.78. The first-order chi connectivity index (χ1) is 11.0. The van der Waals surface area contributed by atoms with Crippen LogP contribution in [0.2, 0.25) is 10.0 Å². The standard InChI is InChI=1S/C16H11Cl2FN2O2/c17-9-1-6-13(12(18)7-9)20-14-8-15(22)21(16(14)23)11-4-2-10(19)3-5-11/h1-7,14,20H,8H2/t14-/m0/s1. The lowest BCUT2D eigenvalue weighted by Crippen LogP contribution is -2.34. The second-order valence-electron chi connectivity index (χ2n) is 5.07. The van der Waals surface area contributed by atoms with E-state index in [2.05, 4.69) is 5.32 Å². The van der Waals surface area contributed by atoms with E-state index in [4.69, 9.17) is 23.2 Å². The summed E-state index contributed by atoms with van der Waals surface area (Å²) < 4.78 is 13.0. The SMILES string of the molecule is O=C1C[C@H](Nc2ccc(Cl)cc2Cl)C(=O)N1c1ccc(F)cc1. The highest BCUT2D eigenvalue weighted by molar-refractivity contribution is 6.36. The highest BCUT2D eigenvalue weighted by Crippen LogP contribution is 2.29. The fourth-order valence-electron chi connectivity index (χ4n) is 2.40. The van der Waals surface area contributed by atoms with Crippen LogP contribution < -0.4 is 10.2 Å². The number of benzene rings is 2. The smallest absolute Gasteiger partial charge is 0.256 e. The Morgan fingerprint density at radius 1 is 1.09 bits per heavy atom. The van der Waals surface area contributed by atoms with E-state index < -0.39 is 17.8 Å². The first kappa shape index (κ1) is 15.8. The highest BCUT2D eigenvalue weighted by Gasteiger charge is 2.39. The van der Waals surface area contributed by atoms with Crippen molar-refractivity contribution >= 4 is 46.4 Å². The molecule has 0 saturated carbocycles. The third-order valence-electron chi connectivity index (χ3n) is 3.49. The predicted octanol–water partition coefficient (Wildman–Crippen LogP) is 3.88. The summed E-state index contributed by atoms with van der Waals surface area (Å²) in [4.78, 5) is 25.6. The average Bonchev–Trinajstić information content (AvgIpc) is 2.78. The molecule has 0 aliphatic carbocycles. The Hall–Kier alpha value is -2.11. The van der Waals surface area contributed by atoms with Gasteiger partial charge < -0.3 is 5.32 Å². The molecule has 1 aliphatic rings. The molecule has 0 bridgehead atoms. The van der Waals surface area contributed by atoms with Crippen LogP contribution in [0.3, 0.4) is 0 Å². The summed E-state index contributed by atoms with van der Waals surface area (Å²) >= 11 is 11.9. The molecule has 1 saturated heterocycles. The highest BCUT2D eigenvalue weighted by atomic mass is 35.5. The first-order valence-corrected chi connectivity index (χ1v) is 7.55. The molecule has 3 rings (SSSR count). The molecule has 0 radical (unpaired) electrons. The van der Waals surface area contributed by atoms with E-state index in [1.807, 2.05) is 0 Å². The monoisotopic (exact) mass is 352 g/mol. The zero-order valence-electron chi connectivity index (χ0n) is 11.7. The fourth-order valence-corrected chi connectivity index (χ4v) is 2.86. The van der Waals surface area contributed by atoms with Crippen LogP contribution >= 0.6 is 23.2 Å². The van der Waals surface area contributed by atoms with Crippen LogP contribution in [-0.4, -0.2) is 17.9 Å². The van der Waals surface area contributed by atoms with Gasteiger partial charge in [-0.1, -0.05) is 23.2 Å². The molecule has 1 N–H and O–H groups in total. The van der Waals surface area contributed by atoms with Crippen LogP contribution in [-0.2, 0) is 9.59 Å². The van der Waals surface area contributed by atoms with E-state index >= 15 is 0 Å². The molecular formula is C16H11Cl2FN2O2. The van der Waals surface area contributed by atoms with E-state index in [9.17, 15) is 14.0 Å². The third-order valence-corrected chi connectivity index (χ3v) is 4.04. The molecule has 2 aromatic rings. The molecule has 1 aliphatic heterocycles. The van der Waals surface area contributed by atoms with Crippen molar-refractivity contribution in [2.45, 2.75) is 12.5 Å². The molecule has 1 heterocycles. The van der Waals surface area contributed by atoms with Crippen LogP contribution in [0.1, 0.15) is 6.42 Å². The maximum Gasteiger partial charge on any atom is 0.256 e. The predicted molar refractivity (Wildman–Crippen MR) is 87.4 cm³/mol. The van der Waals surface area contributed by atoms with Gasteiger partial charge in [0.2, 0.25) is 5.91 Å². The number of nitrogens with one attached hydrogen (secondary N) is 1. The summed E-state index contributed by atoms with van der Waals surface area (Å²) in [7, 11) is 0.